The molecule has 1 aromatic carbocycles. The molecule has 8 heteroatoms. The second-order valence-electron chi connectivity index (χ2n) is 7.46. The Hall–Kier alpha value is -2.12. The van der Waals surface area contributed by atoms with Crippen LogP contribution in [0.5, 0.6) is 5.75 Å². The molecule has 3 rings (SSSR count). The minimum Gasteiger partial charge on any atom is -0.494 e. The van der Waals surface area contributed by atoms with E-state index in [1.807, 2.05) is 35.9 Å². The van der Waals surface area contributed by atoms with Crippen LogP contribution in [-0.2, 0) is 0 Å². The number of halogens is 1. The molecule has 1 amide bonds. The molecule has 0 unspecified atom stereocenters. The van der Waals surface area contributed by atoms with Crippen LogP contribution in [0.4, 0.5) is 5.69 Å². The largest absolute Gasteiger partial charge is 0.494 e. The number of carbonyl (C=O) groups is 1. The number of rotatable bonds is 7. The van der Waals surface area contributed by atoms with E-state index in [1.54, 1.807) is 0 Å². The van der Waals surface area contributed by atoms with Gasteiger partial charge in [-0.05, 0) is 57.3 Å². The zero-order chi connectivity index (χ0) is 19.2. The molecule has 0 saturated carbocycles. The van der Waals surface area contributed by atoms with Crippen LogP contribution in [0.3, 0.4) is 0 Å². The molecule has 0 radical (unpaired) electrons. The smallest absolute Gasteiger partial charge is 0.278 e. The van der Waals surface area contributed by atoms with Crippen molar-refractivity contribution in [2.75, 3.05) is 25.0 Å². The van der Waals surface area contributed by atoms with Crippen LogP contribution in [-0.4, -0.2) is 40.6 Å². The van der Waals surface area contributed by atoms with Gasteiger partial charge in [0.05, 0.1) is 18.3 Å². The van der Waals surface area contributed by atoms with Gasteiger partial charge in [0.1, 0.15) is 5.75 Å². The van der Waals surface area contributed by atoms with Crippen molar-refractivity contribution in [3.05, 3.63) is 35.7 Å². The molecule has 0 aliphatic carbocycles. The maximum Gasteiger partial charge on any atom is 0.278 e. The van der Waals surface area contributed by atoms with Crippen molar-refractivity contribution in [2.45, 2.75) is 46.1 Å². The van der Waals surface area contributed by atoms with E-state index in [4.69, 9.17) is 4.74 Å². The minimum absolute atomic E-state index is 0. The number of ether oxygens (including phenoxy) is 1. The summed E-state index contributed by atoms with van der Waals surface area (Å²) in [4.78, 5) is 12.7. The van der Waals surface area contributed by atoms with Gasteiger partial charge in [-0.3, -0.25) is 4.79 Å². The van der Waals surface area contributed by atoms with Crippen molar-refractivity contribution in [2.24, 2.45) is 5.92 Å². The number of hydrogen-bond donors (Lipinski definition) is 2. The lowest BCUT2D eigenvalue weighted by atomic mass is 10.1. The normalized spacial score (nSPS) is 14.6. The predicted molar refractivity (Wildman–Crippen MR) is 112 cm³/mol. The van der Waals surface area contributed by atoms with Gasteiger partial charge in [-0.2, -0.15) is 0 Å². The van der Waals surface area contributed by atoms with E-state index in [1.165, 1.54) is 0 Å². The fourth-order valence-corrected chi connectivity index (χ4v) is 3.22. The lowest BCUT2D eigenvalue weighted by Gasteiger charge is -2.23. The van der Waals surface area contributed by atoms with Crippen LogP contribution in [0, 0.1) is 12.8 Å². The summed E-state index contributed by atoms with van der Waals surface area (Å²) in [5.74, 6) is 1.11. The summed E-state index contributed by atoms with van der Waals surface area (Å²) in [5.41, 5.74) is 1.88. The van der Waals surface area contributed by atoms with Gasteiger partial charge in [-0.25, -0.2) is 4.68 Å². The number of benzene rings is 1. The Balaban J connectivity index is 0.00000280. The number of nitrogens with zero attached hydrogens (tertiary/aromatic N) is 3. The van der Waals surface area contributed by atoms with Crippen molar-refractivity contribution in [1.82, 2.24) is 20.3 Å². The molecule has 1 aromatic heterocycles. The van der Waals surface area contributed by atoms with Crippen LogP contribution < -0.4 is 15.4 Å². The SMILES string of the molecule is Cc1c(C(=O)Nc2cccc(OCCC(C)C)c2)nnn1C1CCNCC1.Cl. The molecule has 7 nitrogen and oxygen atoms in total. The maximum atomic E-state index is 12.7. The molecule has 28 heavy (non-hydrogen) atoms. The fourth-order valence-electron chi connectivity index (χ4n) is 3.22. The molecule has 2 N–H and O–H groups in total. The monoisotopic (exact) mass is 407 g/mol. The third kappa shape index (κ3) is 5.69. The second-order valence-corrected chi connectivity index (χ2v) is 7.46. The van der Waals surface area contributed by atoms with Crippen LogP contribution in [0.25, 0.3) is 0 Å². The van der Waals surface area contributed by atoms with Gasteiger partial charge in [0.25, 0.3) is 5.91 Å². The van der Waals surface area contributed by atoms with Gasteiger partial charge in [0, 0.05) is 11.8 Å². The van der Waals surface area contributed by atoms with Crippen molar-refractivity contribution in [3.63, 3.8) is 0 Å². The van der Waals surface area contributed by atoms with Gasteiger partial charge in [-0.1, -0.05) is 25.1 Å². The number of anilines is 1. The number of nitrogens with one attached hydrogen (secondary N) is 2. The van der Waals surface area contributed by atoms with Gasteiger partial charge < -0.3 is 15.4 Å². The zero-order valence-corrected chi connectivity index (χ0v) is 17.6. The standard InChI is InChI=1S/C20H29N5O2.ClH/c1-14(2)9-12-27-18-6-4-5-16(13-18)22-20(26)19-15(3)25(24-23-19)17-7-10-21-11-8-17;/h4-6,13-14,17,21H,7-12H2,1-3H3,(H,22,26);1H. The molecule has 2 heterocycles. The van der Waals surface area contributed by atoms with E-state index in [0.717, 1.165) is 43.8 Å². The number of hydrogen-bond acceptors (Lipinski definition) is 5. The molecule has 2 aromatic rings. The number of amides is 1. The van der Waals surface area contributed by atoms with Gasteiger partial charge in [0.2, 0.25) is 0 Å². The Morgan fingerprint density at radius 3 is 2.82 bits per heavy atom. The maximum absolute atomic E-state index is 12.7. The van der Waals surface area contributed by atoms with E-state index in [0.29, 0.717) is 29.9 Å². The van der Waals surface area contributed by atoms with E-state index in [2.05, 4.69) is 34.8 Å². The molecule has 0 bridgehead atoms. The molecule has 1 saturated heterocycles. The Labute approximate surface area is 172 Å². The van der Waals surface area contributed by atoms with E-state index >= 15 is 0 Å². The number of aromatic nitrogens is 3. The first kappa shape index (κ1) is 22.2. The molecule has 0 spiro atoms. The average Bonchev–Trinajstić information content (AvgIpc) is 3.04. The highest BCUT2D eigenvalue weighted by molar-refractivity contribution is 6.03. The highest BCUT2D eigenvalue weighted by Crippen LogP contribution is 2.22. The summed E-state index contributed by atoms with van der Waals surface area (Å²) in [5, 5.41) is 14.6. The first-order valence-electron chi connectivity index (χ1n) is 9.71. The van der Waals surface area contributed by atoms with Gasteiger partial charge >= 0.3 is 0 Å². The molecule has 1 aliphatic heterocycles. The fraction of sp³-hybridized carbons (Fsp3) is 0.550. The van der Waals surface area contributed by atoms with Gasteiger partial charge in [-0.15, -0.1) is 17.5 Å². The van der Waals surface area contributed by atoms with Crippen LogP contribution in [0.1, 0.15) is 55.3 Å². The highest BCUT2D eigenvalue weighted by atomic mass is 35.5. The Morgan fingerprint density at radius 2 is 2.11 bits per heavy atom. The molecular weight excluding hydrogens is 378 g/mol. The molecule has 154 valence electrons. The highest BCUT2D eigenvalue weighted by Gasteiger charge is 2.23. The second kappa shape index (κ2) is 10.4. The lowest BCUT2D eigenvalue weighted by Crippen LogP contribution is -2.30. The van der Waals surface area contributed by atoms with Crippen molar-refractivity contribution < 1.29 is 9.53 Å². The molecular formula is C20H30ClN5O2. The summed E-state index contributed by atoms with van der Waals surface area (Å²) < 4.78 is 7.65. The summed E-state index contributed by atoms with van der Waals surface area (Å²) in [7, 11) is 0. The first-order valence-corrected chi connectivity index (χ1v) is 9.71. The van der Waals surface area contributed by atoms with Crippen LogP contribution in [0.2, 0.25) is 0 Å². The Bertz CT molecular complexity index is 772. The third-order valence-corrected chi connectivity index (χ3v) is 4.85. The molecule has 0 atom stereocenters. The summed E-state index contributed by atoms with van der Waals surface area (Å²) in [6, 6.07) is 7.76. The minimum atomic E-state index is -0.244. The summed E-state index contributed by atoms with van der Waals surface area (Å²) >= 11 is 0. The van der Waals surface area contributed by atoms with Crippen LogP contribution in [0.15, 0.2) is 24.3 Å². The summed E-state index contributed by atoms with van der Waals surface area (Å²) in [6.45, 7) is 8.84. The Kier molecular flexibility index (Phi) is 8.26. The summed E-state index contributed by atoms with van der Waals surface area (Å²) in [6.07, 6.45) is 3.00. The van der Waals surface area contributed by atoms with E-state index in [-0.39, 0.29) is 18.3 Å². The topological polar surface area (TPSA) is 81.1 Å². The van der Waals surface area contributed by atoms with Crippen molar-refractivity contribution in [1.29, 1.82) is 0 Å². The van der Waals surface area contributed by atoms with Gasteiger partial charge in [0.15, 0.2) is 5.69 Å². The average molecular weight is 408 g/mol. The molecule has 1 aliphatic rings. The lowest BCUT2D eigenvalue weighted by molar-refractivity contribution is 0.102. The van der Waals surface area contributed by atoms with Crippen molar-refractivity contribution in [3.8, 4) is 5.75 Å². The van der Waals surface area contributed by atoms with E-state index in [9.17, 15) is 4.79 Å². The number of piperidine rings is 1. The zero-order valence-electron chi connectivity index (χ0n) is 16.8. The van der Waals surface area contributed by atoms with Crippen molar-refractivity contribution >= 4 is 24.0 Å². The Morgan fingerprint density at radius 1 is 1.36 bits per heavy atom. The number of carbonyl (C=O) groups excluding carboxylic acids is 1. The molecule has 1 fully saturated rings. The third-order valence-electron chi connectivity index (χ3n) is 4.85. The van der Waals surface area contributed by atoms with Crippen LogP contribution >= 0.6 is 12.4 Å². The quantitative estimate of drug-likeness (QED) is 0.732. The first-order chi connectivity index (χ1) is 13.0. The van der Waals surface area contributed by atoms with E-state index < -0.39 is 0 Å². The predicted octanol–water partition coefficient (Wildman–Crippen LogP) is 3.61.